The van der Waals surface area contributed by atoms with Crippen LogP contribution in [-0.4, -0.2) is 10.1 Å². The Kier molecular flexibility index (Phi) is 2.21. The van der Waals surface area contributed by atoms with E-state index in [1.54, 1.807) is 0 Å². The number of aromatic hydroxyl groups is 1. The van der Waals surface area contributed by atoms with Gasteiger partial charge in [-0.25, -0.2) is 13.2 Å². The molecule has 2 nitrogen and oxygen atoms in total. The van der Waals surface area contributed by atoms with Gasteiger partial charge in [0.15, 0.2) is 5.82 Å². The second kappa shape index (κ2) is 3.00. The minimum absolute atomic E-state index is 0.150. The van der Waals surface area contributed by atoms with Crippen molar-refractivity contribution in [2.75, 3.05) is 0 Å². The molecule has 5 heteroatoms. The van der Waals surface area contributed by atoms with Gasteiger partial charge in [0.2, 0.25) is 0 Å². The molecule has 0 aliphatic heterocycles. The molecule has 0 aliphatic carbocycles. The van der Waals surface area contributed by atoms with Crippen molar-refractivity contribution in [1.29, 1.82) is 0 Å². The van der Waals surface area contributed by atoms with E-state index in [0.29, 0.717) is 0 Å². The van der Waals surface area contributed by atoms with Gasteiger partial charge in [0, 0.05) is 0 Å². The van der Waals surface area contributed by atoms with Crippen LogP contribution in [0.4, 0.5) is 13.2 Å². The molecule has 12 heavy (non-hydrogen) atoms. The maximum atomic E-state index is 12.8. The minimum atomic E-state index is -3.02. The van der Waals surface area contributed by atoms with Gasteiger partial charge in [-0.1, -0.05) is 0 Å². The first-order valence-electron chi connectivity index (χ1n) is 3.16. The van der Waals surface area contributed by atoms with Gasteiger partial charge in [0.1, 0.15) is 5.75 Å². The Morgan fingerprint density at radius 1 is 1.50 bits per heavy atom. The smallest absolute Gasteiger partial charge is 0.270 e. The fourth-order valence-electron chi connectivity index (χ4n) is 0.799. The molecule has 0 amide bonds. The van der Waals surface area contributed by atoms with Gasteiger partial charge in [-0.05, 0) is 6.92 Å². The number of hydrogen-bond acceptors (Lipinski definition) is 2. The third kappa shape index (κ3) is 1.34. The van der Waals surface area contributed by atoms with Gasteiger partial charge in [-0.15, -0.1) is 0 Å². The number of alkyl halides is 2. The third-order valence-corrected chi connectivity index (χ3v) is 1.43. The molecule has 0 aliphatic rings. The van der Waals surface area contributed by atoms with Crippen molar-refractivity contribution in [3.05, 3.63) is 23.3 Å². The Morgan fingerprint density at radius 3 is 2.50 bits per heavy atom. The highest BCUT2D eigenvalue weighted by Crippen LogP contribution is 2.30. The zero-order valence-electron chi connectivity index (χ0n) is 6.18. The third-order valence-electron chi connectivity index (χ3n) is 1.43. The van der Waals surface area contributed by atoms with Gasteiger partial charge in [-0.3, -0.25) is 4.98 Å². The van der Waals surface area contributed by atoms with Crippen LogP contribution in [-0.2, 0) is 0 Å². The van der Waals surface area contributed by atoms with Crippen molar-refractivity contribution in [2.45, 2.75) is 13.3 Å². The molecule has 0 unspecified atom stereocenters. The molecular weight excluding hydrogens is 171 g/mol. The lowest BCUT2D eigenvalue weighted by molar-refractivity contribution is 0.141. The number of nitrogens with zero attached hydrogens (tertiary/aromatic N) is 1. The lowest BCUT2D eigenvalue weighted by Gasteiger charge is -2.05. The van der Waals surface area contributed by atoms with Crippen LogP contribution in [0, 0.1) is 12.7 Å². The molecule has 0 saturated carbocycles. The van der Waals surface area contributed by atoms with Crippen molar-refractivity contribution in [3.8, 4) is 5.75 Å². The van der Waals surface area contributed by atoms with E-state index < -0.39 is 23.6 Å². The zero-order valence-corrected chi connectivity index (χ0v) is 6.18. The average molecular weight is 177 g/mol. The highest BCUT2D eigenvalue weighted by atomic mass is 19.3. The molecule has 1 N–H and O–H groups in total. The molecule has 1 heterocycles. The summed E-state index contributed by atoms with van der Waals surface area (Å²) in [5, 5.41) is 8.80. The molecule has 0 spiro atoms. The van der Waals surface area contributed by atoms with E-state index >= 15 is 0 Å². The van der Waals surface area contributed by atoms with E-state index in [1.807, 2.05) is 0 Å². The number of pyridine rings is 1. The molecule has 0 aromatic carbocycles. The highest BCUT2D eigenvalue weighted by Gasteiger charge is 2.20. The van der Waals surface area contributed by atoms with E-state index in [0.717, 1.165) is 6.20 Å². The van der Waals surface area contributed by atoms with E-state index in [1.165, 1.54) is 6.92 Å². The Bertz CT molecular complexity index is 301. The Balaban J connectivity index is 3.33. The number of halogens is 3. The summed E-state index contributed by atoms with van der Waals surface area (Å²) in [4.78, 5) is 3.36. The quantitative estimate of drug-likeness (QED) is 0.713. The Morgan fingerprint density at radius 2 is 2.08 bits per heavy atom. The summed E-state index contributed by atoms with van der Waals surface area (Å²) < 4.78 is 36.9. The molecule has 0 saturated heterocycles. The molecule has 1 aromatic heterocycles. The molecule has 1 rings (SSSR count). The molecule has 0 bridgehead atoms. The van der Waals surface area contributed by atoms with E-state index in [9.17, 15) is 13.2 Å². The SMILES string of the molecule is Cc1ncc(O)c(C(F)F)c1F. The zero-order chi connectivity index (χ0) is 9.30. The Labute approximate surface area is 66.7 Å². The average Bonchev–Trinajstić information content (AvgIpc) is 1.97. The highest BCUT2D eigenvalue weighted by molar-refractivity contribution is 5.33. The summed E-state index contributed by atoms with van der Waals surface area (Å²) in [6, 6.07) is 0. The van der Waals surface area contributed by atoms with Crippen LogP contribution in [0.15, 0.2) is 6.20 Å². The number of hydrogen-bond donors (Lipinski definition) is 1. The summed E-state index contributed by atoms with van der Waals surface area (Å²) in [6.45, 7) is 1.25. The fraction of sp³-hybridized carbons (Fsp3) is 0.286. The van der Waals surface area contributed by atoms with Crippen molar-refractivity contribution < 1.29 is 18.3 Å². The van der Waals surface area contributed by atoms with Crippen LogP contribution < -0.4 is 0 Å². The number of rotatable bonds is 1. The first kappa shape index (κ1) is 8.83. The van der Waals surface area contributed by atoms with Gasteiger partial charge >= 0.3 is 0 Å². The lowest BCUT2D eigenvalue weighted by atomic mass is 10.2. The summed E-state index contributed by atoms with van der Waals surface area (Å²) >= 11 is 0. The molecular formula is C7H6F3NO. The van der Waals surface area contributed by atoms with Gasteiger partial charge in [0.05, 0.1) is 17.5 Å². The van der Waals surface area contributed by atoms with Crippen LogP contribution in [0.2, 0.25) is 0 Å². The Hall–Kier alpha value is -1.26. The van der Waals surface area contributed by atoms with Gasteiger partial charge in [-0.2, -0.15) is 0 Å². The van der Waals surface area contributed by atoms with E-state index in [-0.39, 0.29) is 5.69 Å². The van der Waals surface area contributed by atoms with Crippen molar-refractivity contribution >= 4 is 0 Å². The van der Waals surface area contributed by atoms with Gasteiger partial charge < -0.3 is 5.11 Å². The van der Waals surface area contributed by atoms with Crippen molar-refractivity contribution in [2.24, 2.45) is 0 Å². The predicted molar refractivity (Wildman–Crippen MR) is 35.6 cm³/mol. The number of aryl methyl sites for hydroxylation is 1. The van der Waals surface area contributed by atoms with Crippen LogP contribution in [0.3, 0.4) is 0 Å². The summed E-state index contributed by atoms with van der Waals surface area (Å²) in [7, 11) is 0. The second-order valence-corrected chi connectivity index (χ2v) is 2.26. The van der Waals surface area contributed by atoms with E-state index in [2.05, 4.69) is 4.98 Å². The summed E-state index contributed by atoms with van der Waals surface area (Å²) in [6.07, 6.45) is -2.22. The normalized spacial score (nSPS) is 10.8. The van der Waals surface area contributed by atoms with Gasteiger partial charge in [0.25, 0.3) is 6.43 Å². The fourth-order valence-corrected chi connectivity index (χ4v) is 0.799. The molecule has 0 atom stereocenters. The summed E-state index contributed by atoms with van der Waals surface area (Å²) in [5.74, 6) is -1.96. The summed E-state index contributed by atoms with van der Waals surface area (Å²) in [5.41, 5.74) is -1.13. The van der Waals surface area contributed by atoms with Crippen molar-refractivity contribution in [3.63, 3.8) is 0 Å². The molecule has 0 fully saturated rings. The standard InChI is InChI=1S/C7H6F3NO/c1-3-6(8)5(7(9)10)4(12)2-11-3/h2,7,12H,1H3. The monoisotopic (exact) mass is 177 g/mol. The maximum absolute atomic E-state index is 12.8. The largest absolute Gasteiger partial charge is 0.506 e. The number of aromatic nitrogens is 1. The second-order valence-electron chi connectivity index (χ2n) is 2.26. The molecule has 66 valence electrons. The first-order chi connectivity index (χ1) is 5.54. The van der Waals surface area contributed by atoms with Crippen molar-refractivity contribution in [1.82, 2.24) is 4.98 Å². The molecule has 1 aromatic rings. The lowest BCUT2D eigenvalue weighted by Crippen LogP contribution is -1.97. The van der Waals surface area contributed by atoms with Crippen LogP contribution >= 0.6 is 0 Å². The topological polar surface area (TPSA) is 33.1 Å². The molecule has 0 radical (unpaired) electrons. The first-order valence-corrected chi connectivity index (χ1v) is 3.16. The van der Waals surface area contributed by atoms with E-state index in [4.69, 9.17) is 5.11 Å². The maximum Gasteiger partial charge on any atom is 0.270 e. The van der Waals surface area contributed by atoms with Crippen LogP contribution in [0.5, 0.6) is 5.75 Å². The predicted octanol–water partition coefficient (Wildman–Crippen LogP) is 2.17. The minimum Gasteiger partial charge on any atom is -0.506 e. The van der Waals surface area contributed by atoms with Crippen LogP contribution in [0.1, 0.15) is 17.7 Å². The van der Waals surface area contributed by atoms with Crippen LogP contribution in [0.25, 0.3) is 0 Å².